The summed E-state index contributed by atoms with van der Waals surface area (Å²) >= 11 is 0. The van der Waals surface area contributed by atoms with Crippen molar-refractivity contribution in [2.75, 3.05) is 0 Å². The van der Waals surface area contributed by atoms with Gasteiger partial charge in [-0.15, -0.1) is 0 Å². The molecule has 0 aromatic rings. The van der Waals surface area contributed by atoms with Crippen LogP contribution in [-0.2, 0) is 0 Å². The summed E-state index contributed by atoms with van der Waals surface area (Å²) < 4.78 is 0. The van der Waals surface area contributed by atoms with Crippen LogP contribution in [0.2, 0.25) is 0 Å². The van der Waals surface area contributed by atoms with Crippen LogP contribution in [0, 0.1) is 34.5 Å². The lowest BCUT2D eigenvalue weighted by Crippen LogP contribution is -2.53. The van der Waals surface area contributed by atoms with Gasteiger partial charge in [-0.3, -0.25) is 0 Å². The first-order chi connectivity index (χ1) is 9.53. The molecule has 0 aromatic carbocycles. The molecule has 1 nitrogen and oxygen atoms in total. The van der Waals surface area contributed by atoms with Crippen molar-refractivity contribution >= 4 is 0 Å². The van der Waals surface area contributed by atoms with E-state index in [-0.39, 0.29) is 6.10 Å². The zero-order valence-corrected chi connectivity index (χ0v) is 13.4. The van der Waals surface area contributed by atoms with Crippen LogP contribution < -0.4 is 0 Å². The van der Waals surface area contributed by atoms with Gasteiger partial charge >= 0.3 is 0 Å². The number of hydrogen-bond acceptors (Lipinski definition) is 1. The second-order valence-corrected chi connectivity index (χ2v) is 9.17. The van der Waals surface area contributed by atoms with E-state index in [1.807, 2.05) is 0 Å². The smallest absolute Gasteiger partial charge is 0.0543 e. The Hall–Kier alpha value is -0.0400. The number of aliphatic hydroxyl groups excluding tert-OH is 1. The highest BCUT2D eigenvalue weighted by molar-refractivity contribution is 5.07. The number of aliphatic hydroxyl groups is 1. The quantitative estimate of drug-likeness (QED) is 0.675. The molecule has 1 N–H and O–H groups in total. The van der Waals surface area contributed by atoms with Gasteiger partial charge in [-0.2, -0.15) is 0 Å². The molecular weight excluding hydrogens is 244 g/mol. The van der Waals surface area contributed by atoms with Crippen molar-refractivity contribution in [1.82, 2.24) is 0 Å². The van der Waals surface area contributed by atoms with Crippen LogP contribution in [0.15, 0.2) is 0 Å². The molecule has 4 rings (SSSR count). The van der Waals surface area contributed by atoms with Crippen LogP contribution >= 0.6 is 0 Å². The SMILES string of the molecule is C[C@@]12CCCC1[C@@H]1CCC3C[C@H](O)CC[C@]3(C)C1CC2. The van der Waals surface area contributed by atoms with E-state index in [9.17, 15) is 5.11 Å². The standard InChI is InChI=1S/C19H32O/c1-18-9-3-4-16(18)15-6-5-13-12-14(20)7-11-19(13,2)17(15)8-10-18/h13-17,20H,3-12H2,1-2H3/t13?,14-,15+,16?,17?,18+,19+/m1/s1. The van der Waals surface area contributed by atoms with Crippen LogP contribution in [0.1, 0.15) is 78.1 Å². The Morgan fingerprint density at radius 3 is 2.55 bits per heavy atom. The number of rotatable bonds is 0. The normalized spacial score (nSPS) is 58.6. The van der Waals surface area contributed by atoms with E-state index in [4.69, 9.17) is 0 Å². The summed E-state index contributed by atoms with van der Waals surface area (Å²) in [5.74, 6) is 3.85. The van der Waals surface area contributed by atoms with Crippen LogP contribution in [0.4, 0.5) is 0 Å². The fraction of sp³-hybridized carbons (Fsp3) is 1.00. The van der Waals surface area contributed by atoms with E-state index in [0.717, 1.165) is 36.5 Å². The van der Waals surface area contributed by atoms with Gasteiger partial charge in [0.25, 0.3) is 0 Å². The molecule has 0 bridgehead atoms. The van der Waals surface area contributed by atoms with E-state index < -0.39 is 0 Å². The van der Waals surface area contributed by atoms with Crippen LogP contribution in [0.25, 0.3) is 0 Å². The molecule has 0 radical (unpaired) electrons. The van der Waals surface area contributed by atoms with Crippen molar-refractivity contribution < 1.29 is 5.11 Å². The van der Waals surface area contributed by atoms with Crippen molar-refractivity contribution in [3.05, 3.63) is 0 Å². The first-order valence-electron chi connectivity index (χ1n) is 9.21. The predicted molar refractivity (Wildman–Crippen MR) is 82.4 cm³/mol. The average Bonchev–Trinajstić information content (AvgIpc) is 2.81. The Morgan fingerprint density at radius 2 is 1.70 bits per heavy atom. The third kappa shape index (κ3) is 1.77. The maximum atomic E-state index is 10.0. The molecule has 7 atom stereocenters. The summed E-state index contributed by atoms with van der Waals surface area (Å²) in [5, 5.41) is 10.0. The highest BCUT2D eigenvalue weighted by Crippen LogP contribution is 2.66. The van der Waals surface area contributed by atoms with E-state index in [0.29, 0.717) is 10.8 Å². The van der Waals surface area contributed by atoms with E-state index >= 15 is 0 Å². The monoisotopic (exact) mass is 276 g/mol. The Balaban J connectivity index is 1.62. The highest BCUT2D eigenvalue weighted by atomic mass is 16.3. The van der Waals surface area contributed by atoms with Gasteiger partial charge in [0.2, 0.25) is 0 Å². The molecule has 0 saturated heterocycles. The number of fused-ring (bicyclic) bond motifs is 5. The summed E-state index contributed by atoms with van der Waals surface area (Å²) in [6.45, 7) is 5.19. The minimum absolute atomic E-state index is 0.00459. The summed E-state index contributed by atoms with van der Waals surface area (Å²) in [5.41, 5.74) is 1.25. The molecule has 4 saturated carbocycles. The highest BCUT2D eigenvalue weighted by Gasteiger charge is 2.57. The molecule has 114 valence electrons. The van der Waals surface area contributed by atoms with Gasteiger partial charge in [0, 0.05) is 0 Å². The Labute approximate surface area is 124 Å². The molecule has 0 spiro atoms. The first kappa shape index (κ1) is 13.6. The molecule has 0 aromatic heterocycles. The number of hydrogen-bond donors (Lipinski definition) is 1. The topological polar surface area (TPSA) is 20.2 Å². The maximum Gasteiger partial charge on any atom is 0.0543 e. The molecule has 0 heterocycles. The molecule has 4 aliphatic carbocycles. The molecule has 3 unspecified atom stereocenters. The van der Waals surface area contributed by atoms with Crippen molar-refractivity contribution in [3.63, 3.8) is 0 Å². The summed E-state index contributed by atoms with van der Waals surface area (Å²) in [6.07, 6.45) is 13.8. The van der Waals surface area contributed by atoms with Gasteiger partial charge in [0.15, 0.2) is 0 Å². The van der Waals surface area contributed by atoms with Crippen molar-refractivity contribution in [3.8, 4) is 0 Å². The van der Waals surface area contributed by atoms with Gasteiger partial charge in [-0.1, -0.05) is 20.3 Å². The van der Waals surface area contributed by atoms with Crippen molar-refractivity contribution in [2.45, 2.75) is 84.2 Å². The zero-order valence-electron chi connectivity index (χ0n) is 13.4. The van der Waals surface area contributed by atoms with Crippen molar-refractivity contribution in [1.29, 1.82) is 0 Å². The fourth-order valence-electron chi connectivity index (χ4n) is 7.23. The predicted octanol–water partition coefficient (Wildman–Crippen LogP) is 4.78. The summed E-state index contributed by atoms with van der Waals surface area (Å²) in [6, 6.07) is 0. The minimum atomic E-state index is 0.00459. The molecule has 20 heavy (non-hydrogen) atoms. The van der Waals surface area contributed by atoms with Gasteiger partial charge in [0.05, 0.1) is 6.10 Å². The minimum Gasteiger partial charge on any atom is -0.393 e. The zero-order chi connectivity index (χ0) is 14.0. The van der Waals surface area contributed by atoms with Crippen LogP contribution in [-0.4, -0.2) is 11.2 Å². The van der Waals surface area contributed by atoms with E-state index in [1.54, 1.807) is 0 Å². The van der Waals surface area contributed by atoms with Crippen LogP contribution in [0.3, 0.4) is 0 Å². The second-order valence-electron chi connectivity index (χ2n) is 9.17. The second kappa shape index (κ2) is 4.48. The molecule has 0 aliphatic heterocycles. The molecule has 0 amide bonds. The van der Waals surface area contributed by atoms with E-state index in [2.05, 4.69) is 13.8 Å². The summed E-state index contributed by atoms with van der Waals surface area (Å²) in [7, 11) is 0. The molecule has 4 fully saturated rings. The third-order valence-electron chi connectivity index (χ3n) is 8.42. The van der Waals surface area contributed by atoms with Gasteiger partial charge in [-0.05, 0) is 92.3 Å². The fourth-order valence-corrected chi connectivity index (χ4v) is 7.23. The molecular formula is C19H32O. The third-order valence-corrected chi connectivity index (χ3v) is 8.42. The lowest BCUT2D eigenvalue weighted by molar-refractivity contribution is -0.120. The average molecular weight is 276 g/mol. The lowest BCUT2D eigenvalue weighted by atomic mass is 9.45. The molecule has 1 heteroatoms. The Morgan fingerprint density at radius 1 is 0.850 bits per heavy atom. The Kier molecular flexibility index (Phi) is 3.05. The van der Waals surface area contributed by atoms with Gasteiger partial charge in [0.1, 0.15) is 0 Å². The lowest BCUT2D eigenvalue weighted by Gasteiger charge is -2.60. The van der Waals surface area contributed by atoms with E-state index in [1.165, 1.54) is 51.4 Å². The summed E-state index contributed by atoms with van der Waals surface area (Å²) in [4.78, 5) is 0. The largest absolute Gasteiger partial charge is 0.393 e. The van der Waals surface area contributed by atoms with Gasteiger partial charge < -0.3 is 5.11 Å². The van der Waals surface area contributed by atoms with Gasteiger partial charge in [-0.25, -0.2) is 0 Å². The van der Waals surface area contributed by atoms with Crippen LogP contribution in [0.5, 0.6) is 0 Å². The maximum absolute atomic E-state index is 10.0. The first-order valence-corrected chi connectivity index (χ1v) is 9.21. The Bertz CT molecular complexity index is 391. The molecule has 4 aliphatic rings. The van der Waals surface area contributed by atoms with Crippen molar-refractivity contribution in [2.24, 2.45) is 34.5 Å².